The van der Waals surface area contributed by atoms with Gasteiger partial charge in [0, 0.05) is 18.6 Å². The van der Waals surface area contributed by atoms with Gasteiger partial charge in [0.15, 0.2) is 0 Å². The van der Waals surface area contributed by atoms with Gasteiger partial charge >= 0.3 is 12.1 Å². The predicted molar refractivity (Wildman–Crippen MR) is 69.5 cm³/mol. The van der Waals surface area contributed by atoms with Crippen LogP contribution in [0.15, 0.2) is 18.2 Å². The maximum absolute atomic E-state index is 11.4. The zero-order valence-electron chi connectivity index (χ0n) is 11.3. The van der Waals surface area contributed by atoms with E-state index in [2.05, 4.69) is 4.74 Å². The molecule has 20 heavy (non-hydrogen) atoms. The molecule has 0 bridgehead atoms. The predicted octanol–water partition coefficient (Wildman–Crippen LogP) is 3.14. The van der Waals surface area contributed by atoms with Crippen molar-refractivity contribution in [3.05, 3.63) is 33.9 Å². The van der Waals surface area contributed by atoms with Crippen LogP contribution in [0.1, 0.15) is 31.7 Å². The van der Waals surface area contributed by atoms with Crippen LogP contribution < -0.4 is 4.74 Å². The highest BCUT2D eigenvalue weighted by Crippen LogP contribution is 2.23. The van der Waals surface area contributed by atoms with Gasteiger partial charge < -0.3 is 9.47 Å². The molecule has 0 unspecified atom stereocenters. The molecule has 0 aliphatic carbocycles. The number of rotatable bonds is 5. The van der Waals surface area contributed by atoms with Crippen molar-refractivity contribution >= 4 is 17.8 Å². The number of esters is 1. The lowest BCUT2D eigenvalue weighted by Gasteiger charge is -2.06. The Bertz CT molecular complexity index is 526. The zero-order chi connectivity index (χ0) is 15.1. The van der Waals surface area contributed by atoms with Gasteiger partial charge in [0.1, 0.15) is 5.75 Å². The molecule has 1 aromatic carbocycles. The SMILES string of the molecule is CCCCC(=O)OC(=O)Oc1ccc([N+](=O)[O-])cc1C. The lowest BCUT2D eigenvalue weighted by Crippen LogP contribution is -2.16. The van der Waals surface area contributed by atoms with E-state index in [1.807, 2.05) is 6.92 Å². The number of nitro groups is 1. The molecule has 0 saturated heterocycles. The first-order valence-electron chi connectivity index (χ1n) is 6.11. The number of aryl methyl sites for hydroxylation is 1. The highest BCUT2D eigenvalue weighted by atomic mass is 16.7. The van der Waals surface area contributed by atoms with E-state index in [0.717, 1.165) is 6.42 Å². The van der Waals surface area contributed by atoms with Crippen molar-refractivity contribution in [1.82, 2.24) is 0 Å². The summed E-state index contributed by atoms with van der Waals surface area (Å²) in [4.78, 5) is 32.6. The second-order valence-corrected chi connectivity index (χ2v) is 4.14. The molecule has 0 aromatic heterocycles. The van der Waals surface area contributed by atoms with Crippen LogP contribution in [0.3, 0.4) is 0 Å². The summed E-state index contributed by atoms with van der Waals surface area (Å²) in [5, 5.41) is 10.6. The molecule has 1 aromatic rings. The number of hydrogen-bond acceptors (Lipinski definition) is 6. The van der Waals surface area contributed by atoms with E-state index in [9.17, 15) is 19.7 Å². The maximum atomic E-state index is 11.4. The molecule has 0 aliphatic heterocycles. The van der Waals surface area contributed by atoms with Gasteiger partial charge in [-0.1, -0.05) is 13.3 Å². The van der Waals surface area contributed by atoms with Crippen LogP contribution in [0.2, 0.25) is 0 Å². The Kier molecular flexibility index (Phi) is 5.64. The van der Waals surface area contributed by atoms with E-state index in [1.165, 1.54) is 18.2 Å². The van der Waals surface area contributed by atoms with Crippen LogP contribution >= 0.6 is 0 Å². The Balaban J connectivity index is 2.62. The minimum atomic E-state index is -1.14. The summed E-state index contributed by atoms with van der Waals surface area (Å²) >= 11 is 0. The standard InChI is InChI=1S/C13H15NO6/c1-3-4-5-12(15)20-13(16)19-11-7-6-10(14(17)18)8-9(11)2/h6-8H,3-5H2,1-2H3. The lowest BCUT2D eigenvalue weighted by atomic mass is 10.2. The molecule has 1 rings (SSSR count). The Labute approximate surface area is 115 Å². The molecule has 0 fully saturated rings. The Hall–Kier alpha value is -2.44. The smallest absolute Gasteiger partial charge is 0.394 e. The van der Waals surface area contributed by atoms with Crippen LogP contribution in [-0.4, -0.2) is 17.0 Å². The van der Waals surface area contributed by atoms with Gasteiger partial charge in [-0.05, 0) is 25.0 Å². The van der Waals surface area contributed by atoms with Crippen LogP contribution in [0, 0.1) is 17.0 Å². The van der Waals surface area contributed by atoms with Crippen molar-refractivity contribution in [3.8, 4) is 5.75 Å². The molecule has 0 N–H and O–H groups in total. The van der Waals surface area contributed by atoms with E-state index in [0.29, 0.717) is 12.0 Å². The van der Waals surface area contributed by atoms with Gasteiger partial charge in [-0.2, -0.15) is 0 Å². The summed E-state index contributed by atoms with van der Waals surface area (Å²) in [6.07, 6.45) is 0.446. The Morgan fingerprint density at radius 3 is 2.60 bits per heavy atom. The number of carbonyl (C=O) groups is 2. The second-order valence-electron chi connectivity index (χ2n) is 4.14. The summed E-state index contributed by atoms with van der Waals surface area (Å²) in [7, 11) is 0. The molecule has 0 amide bonds. The zero-order valence-corrected chi connectivity index (χ0v) is 11.3. The van der Waals surface area contributed by atoms with Crippen molar-refractivity contribution in [2.45, 2.75) is 33.1 Å². The third-order valence-electron chi connectivity index (χ3n) is 2.49. The highest BCUT2D eigenvalue weighted by Gasteiger charge is 2.15. The molecule has 0 radical (unpaired) electrons. The molecule has 7 nitrogen and oxygen atoms in total. The number of non-ortho nitro benzene ring substituents is 1. The highest BCUT2D eigenvalue weighted by molar-refractivity contribution is 5.82. The van der Waals surface area contributed by atoms with Crippen LogP contribution in [0.4, 0.5) is 10.5 Å². The van der Waals surface area contributed by atoms with Crippen LogP contribution in [0.25, 0.3) is 0 Å². The van der Waals surface area contributed by atoms with E-state index in [-0.39, 0.29) is 17.9 Å². The Morgan fingerprint density at radius 1 is 1.35 bits per heavy atom. The fourth-order valence-corrected chi connectivity index (χ4v) is 1.44. The molecule has 0 spiro atoms. The molecule has 0 atom stereocenters. The first-order chi connectivity index (χ1) is 9.43. The number of carbonyl (C=O) groups excluding carboxylic acids is 2. The fourth-order valence-electron chi connectivity index (χ4n) is 1.44. The minimum Gasteiger partial charge on any atom is -0.394 e. The van der Waals surface area contributed by atoms with Crippen molar-refractivity contribution in [1.29, 1.82) is 0 Å². The summed E-state index contributed by atoms with van der Waals surface area (Å²) in [6, 6.07) is 3.75. The van der Waals surface area contributed by atoms with Gasteiger partial charge in [0.25, 0.3) is 5.69 Å². The molecule has 0 aliphatic rings. The third-order valence-corrected chi connectivity index (χ3v) is 2.49. The number of unbranched alkanes of at least 4 members (excludes halogenated alkanes) is 1. The van der Waals surface area contributed by atoms with Crippen molar-refractivity contribution < 1.29 is 24.0 Å². The number of benzene rings is 1. The summed E-state index contributed by atoms with van der Waals surface area (Å²) in [5.74, 6) is -0.541. The molecular formula is C13H15NO6. The largest absolute Gasteiger partial charge is 0.521 e. The normalized spacial score (nSPS) is 9.90. The second kappa shape index (κ2) is 7.22. The van der Waals surface area contributed by atoms with Gasteiger partial charge in [-0.25, -0.2) is 4.79 Å². The van der Waals surface area contributed by atoms with Crippen LogP contribution in [0.5, 0.6) is 5.75 Å². The van der Waals surface area contributed by atoms with E-state index < -0.39 is 17.0 Å². The quantitative estimate of drug-likeness (QED) is 0.270. The molecule has 0 saturated carbocycles. The first-order valence-corrected chi connectivity index (χ1v) is 6.11. The first kappa shape index (κ1) is 15.6. The topological polar surface area (TPSA) is 95.7 Å². The molecule has 7 heteroatoms. The van der Waals surface area contributed by atoms with Crippen molar-refractivity contribution in [2.75, 3.05) is 0 Å². The minimum absolute atomic E-state index is 0.109. The number of hydrogen-bond donors (Lipinski definition) is 0. The van der Waals surface area contributed by atoms with Gasteiger partial charge in [-0.3, -0.25) is 14.9 Å². The monoisotopic (exact) mass is 281 g/mol. The van der Waals surface area contributed by atoms with Crippen molar-refractivity contribution in [3.63, 3.8) is 0 Å². The number of nitro benzene ring substituents is 1. The van der Waals surface area contributed by atoms with E-state index in [4.69, 9.17) is 4.74 Å². The summed E-state index contributed by atoms with van der Waals surface area (Å²) < 4.78 is 9.28. The lowest BCUT2D eigenvalue weighted by molar-refractivity contribution is -0.384. The molecule has 108 valence electrons. The third kappa shape index (κ3) is 4.68. The van der Waals surface area contributed by atoms with E-state index in [1.54, 1.807) is 6.92 Å². The van der Waals surface area contributed by atoms with Crippen molar-refractivity contribution in [2.24, 2.45) is 0 Å². The maximum Gasteiger partial charge on any atom is 0.521 e. The average molecular weight is 281 g/mol. The number of nitrogens with zero attached hydrogens (tertiary/aromatic N) is 1. The van der Waals surface area contributed by atoms with Gasteiger partial charge in [-0.15, -0.1) is 0 Å². The summed E-state index contributed by atoms with van der Waals surface area (Å²) in [5.41, 5.74) is 0.291. The Morgan fingerprint density at radius 2 is 2.05 bits per heavy atom. The van der Waals surface area contributed by atoms with Gasteiger partial charge in [0.2, 0.25) is 0 Å². The number of ether oxygens (including phenoxy) is 2. The molecule has 0 heterocycles. The van der Waals surface area contributed by atoms with E-state index >= 15 is 0 Å². The van der Waals surface area contributed by atoms with Crippen LogP contribution in [-0.2, 0) is 9.53 Å². The molecular weight excluding hydrogens is 266 g/mol. The summed E-state index contributed by atoms with van der Waals surface area (Å²) in [6.45, 7) is 3.46. The average Bonchev–Trinajstić information content (AvgIpc) is 2.38. The fraction of sp³-hybridized carbons (Fsp3) is 0.385. The van der Waals surface area contributed by atoms with Gasteiger partial charge in [0.05, 0.1) is 4.92 Å².